The van der Waals surface area contributed by atoms with E-state index in [0.29, 0.717) is 24.8 Å². The van der Waals surface area contributed by atoms with E-state index in [-0.39, 0.29) is 23.0 Å². The zero-order valence-corrected chi connectivity index (χ0v) is 14.6. The van der Waals surface area contributed by atoms with Crippen LogP contribution >= 0.6 is 0 Å². The van der Waals surface area contributed by atoms with Gasteiger partial charge in [-0.25, -0.2) is 4.98 Å². The monoisotopic (exact) mass is 360 g/mol. The number of carbonyl (C=O) groups is 1. The minimum absolute atomic E-state index is 0.158. The van der Waals surface area contributed by atoms with Gasteiger partial charge in [0.1, 0.15) is 11.6 Å². The first-order valence-corrected chi connectivity index (χ1v) is 8.87. The predicted octanol–water partition coefficient (Wildman–Crippen LogP) is -0.552. The Balaban J connectivity index is 1.44. The Morgan fingerprint density at radius 2 is 2.31 bits per heavy atom. The van der Waals surface area contributed by atoms with Crippen LogP contribution in [0.15, 0.2) is 17.1 Å². The number of nitrogens with two attached hydrogens (primary N) is 1. The minimum atomic E-state index is -0.311. The van der Waals surface area contributed by atoms with Crippen molar-refractivity contribution in [3.8, 4) is 0 Å². The van der Waals surface area contributed by atoms with Crippen molar-refractivity contribution in [1.82, 2.24) is 35.6 Å². The van der Waals surface area contributed by atoms with Crippen molar-refractivity contribution >= 4 is 11.7 Å². The van der Waals surface area contributed by atoms with Gasteiger partial charge < -0.3 is 21.4 Å². The van der Waals surface area contributed by atoms with Crippen LogP contribution < -0.4 is 21.9 Å². The molecule has 3 rings (SSSR count). The van der Waals surface area contributed by atoms with Crippen molar-refractivity contribution in [2.45, 2.75) is 44.7 Å². The first-order chi connectivity index (χ1) is 12.6. The van der Waals surface area contributed by atoms with Crippen LogP contribution in [-0.4, -0.2) is 50.0 Å². The second-order valence-electron chi connectivity index (χ2n) is 6.43. The van der Waals surface area contributed by atoms with Gasteiger partial charge in [0.25, 0.3) is 11.5 Å². The molecule has 0 bridgehead atoms. The third-order valence-electron chi connectivity index (χ3n) is 4.35. The molecule has 0 saturated carbocycles. The maximum Gasteiger partial charge on any atom is 0.273 e. The average molecular weight is 360 g/mol. The summed E-state index contributed by atoms with van der Waals surface area (Å²) in [6, 6.07) is 1.72. The molecule has 5 N–H and O–H groups in total. The lowest BCUT2D eigenvalue weighted by atomic mass is 10.0. The Labute approximate surface area is 150 Å². The molecular formula is C16H24N8O2. The number of aromatic nitrogens is 5. The number of aromatic amines is 1. The summed E-state index contributed by atoms with van der Waals surface area (Å²) in [5.41, 5.74) is 5.49. The van der Waals surface area contributed by atoms with Gasteiger partial charge in [-0.2, -0.15) is 0 Å². The van der Waals surface area contributed by atoms with E-state index in [1.54, 1.807) is 10.9 Å². The second-order valence-corrected chi connectivity index (χ2v) is 6.43. The second kappa shape index (κ2) is 8.56. The number of hydrogen-bond donors (Lipinski definition) is 4. The van der Waals surface area contributed by atoms with E-state index in [4.69, 9.17) is 5.73 Å². The number of hydrogen-bond acceptors (Lipinski definition) is 7. The van der Waals surface area contributed by atoms with Crippen molar-refractivity contribution < 1.29 is 4.79 Å². The van der Waals surface area contributed by atoms with Crippen LogP contribution in [0.3, 0.4) is 0 Å². The van der Waals surface area contributed by atoms with Crippen molar-refractivity contribution in [3.63, 3.8) is 0 Å². The first-order valence-electron chi connectivity index (χ1n) is 8.87. The first kappa shape index (κ1) is 18.1. The van der Waals surface area contributed by atoms with E-state index in [9.17, 15) is 9.59 Å². The highest BCUT2D eigenvalue weighted by atomic mass is 16.2. The number of H-pyrrole nitrogens is 1. The number of nitrogens with one attached hydrogen (secondary N) is 3. The molecule has 26 heavy (non-hydrogen) atoms. The number of carbonyl (C=O) groups excluding carboxylic acids is 1. The largest absolute Gasteiger partial charge is 0.383 e. The summed E-state index contributed by atoms with van der Waals surface area (Å²) in [5, 5.41) is 14.2. The van der Waals surface area contributed by atoms with Gasteiger partial charge in [0.15, 0.2) is 5.69 Å². The van der Waals surface area contributed by atoms with Crippen LogP contribution in [0, 0.1) is 0 Å². The Morgan fingerprint density at radius 3 is 3.08 bits per heavy atom. The van der Waals surface area contributed by atoms with Gasteiger partial charge in [0.05, 0.1) is 6.20 Å². The highest BCUT2D eigenvalue weighted by Gasteiger charge is 2.14. The van der Waals surface area contributed by atoms with Crippen molar-refractivity contribution in [3.05, 3.63) is 34.1 Å². The third-order valence-corrected chi connectivity index (χ3v) is 4.35. The van der Waals surface area contributed by atoms with Crippen molar-refractivity contribution in [2.75, 3.05) is 18.8 Å². The number of anilines is 1. The predicted molar refractivity (Wildman–Crippen MR) is 95.6 cm³/mol. The average Bonchev–Trinajstić information content (AvgIpc) is 3.09. The molecule has 1 fully saturated rings. The Kier molecular flexibility index (Phi) is 5.95. The molecule has 0 aromatic carbocycles. The number of piperidine rings is 1. The summed E-state index contributed by atoms with van der Waals surface area (Å²) < 4.78 is 1.70. The van der Waals surface area contributed by atoms with E-state index in [1.807, 2.05) is 0 Å². The lowest BCUT2D eigenvalue weighted by molar-refractivity contribution is 0.0949. The molecule has 1 atom stereocenters. The van der Waals surface area contributed by atoms with Gasteiger partial charge in [-0.15, -0.1) is 5.10 Å². The van der Waals surface area contributed by atoms with E-state index in [2.05, 4.69) is 30.9 Å². The van der Waals surface area contributed by atoms with Crippen LogP contribution in [-0.2, 0) is 13.0 Å². The molecule has 2 aromatic heterocycles. The fraction of sp³-hybridized carbons (Fsp3) is 0.562. The SMILES string of the molecule is Nc1cc(=O)[nH]c(CCNC(=O)c2cn(CC[C@@H]3CCCCN3)nn2)n1. The maximum absolute atomic E-state index is 12.1. The molecule has 1 aliphatic heterocycles. The fourth-order valence-electron chi connectivity index (χ4n) is 3.00. The van der Waals surface area contributed by atoms with Crippen molar-refractivity contribution in [2.24, 2.45) is 0 Å². The minimum Gasteiger partial charge on any atom is -0.383 e. The molecule has 140 valence electrons. The lowest BCUT2D eigenvalue weighted by Gasteiger charge is -2.23. The van der Waals surface area contributed by atoms with E-state index in [0.717, 1.165) is 19.5 Å². The molecule has 0 unspecified atom stereocenters. The van der Waals surface area contributed by atoms with E-state index >= 15 is 0 Å². The molecule has 0 radical (unpaired) electrons. The highest BCUT2D eigenvalue weighted by Crippen LogP contribution is 2.10. The summed E-state index contributed by atoms with van der Waals surface area (Å²) >= 11 is 0. The van der Waals surface area contributed by atoms with Gasteiger partial charge in [-0.3, -0.25) is 14.3 Å². The smallest absolute Gasteiger partial charge is 0.273 e. The molecular weight excluding hydrogens is 336 g/mol. The number of aryl methyl sites for hydroxylation is 1. The third kappa shape index (κ3) is 5.12. The Morgan fingerprint density at radius 1 is 1.42 bits per heavy atom. The standard InChI is InChI=1S/C16H24N8O2/c17-13-9-15(25)21-14(20-13)4-7-19-16(26)12-10-24(23-22-12)8-5-11-3-1-2-6-18-11/h9-11,18H,1-8H2,(H,19,26)(H3,17,20,21,25)/t11-/m0/s1. The van der Waals surface area contributed by atoms with Gasteiger partial charge in [-0.05, 0) is 25.8 Å². The normalized spacial score (nSPS) is 17.2. The summed E-state index contributed by atoms with van der Waals surface area (Å²) in [4.78, 5) is 30.0. The van der Waals surface area contributed by atoms with E-state index in [1.165, 1.54) is 25.3 Å². The molecule has 1 amide bonds. The molecule has 10 heteroatoms. The van der Waals surface area contributed by atoms with Crippen molar-refractivity contribution in [1.29, 1.82) is 0 Å². The summed E-state index contributed by atoms with van der Waals surface area (Å²) in [6.45, 7) is 2.11. The number of rotatable bonds is 7. The molecule has 1 saturated heterocycles. The zero-order valence-electron chi connectivity index (χ0n) is 14.6. The van der Waals surface area contributed by atoms with Crippen LogP contribution in [0.2, 0.25) is 0 Å². The molecule has 10 nitrogen and oxygen atoms in total. The number of nitrogen functional groups attached to an aromatic ring is 1. The molecule has 1 aliphatic rings. The molecule has 0 aliphatic carbocycles. The van der Waals surface area contributed by atoms with Crippen LogP contribution in [0.1, 0.15) is 42.0 Å². The van der Waals surface area contributed by atoms with Crippen LogP contribution in [0.4, 0.5) is 5.82 Å². The quantitative estimate of drug-likeness (QED) is 0.518. The molecule has 2 aromatic rings. The summed E-state index contributed by atoms with van der Waals surface area (Å²) in [7, 11) is 0. The van der Waals surface area contributed by atoms with Gasteiger partial charge >= 0.3 is 0 Å². The lowest BCUT2D eigenvalue weighted by Crippen LogP contribution is -2.34. The topological polar surface area (TPSA) is 144 Å². The summed E-state index contributed by atoms with van der Waals surface area (Å²) in [6.07, 6.45) is 6.67. The van der Waals surface area contributed by atoms with Gasteiger partial charge in [0.2, 0.25) is 0 Å². The molecule has 0 spiro atoms. The highest BCUT2D eigenvalue weighted by molar-refractivity contribution is 5.91. The zero-order chi connectivity index (χ0) is 18.4. The van der Waals surface area contributed by atoms with E-state index < -0.39 is 0 Å². The van der Waals surface area contributed by atoms with Crippen LogP contribution in [0.25, 0.3) is 0 Å². The Bertz CT molecular complexity index is 794. The maximum atomic E-state index is 12.1. The summed E-state index contributed by atoms with van der Waals surface area (Å²) in [5.74, 6) is 0.280. The Hall–Kier alpha value is -2.75. The molecule has 3 heterocycles. The number of amides is 1. The van der Waals surface area contributed by atoms with Gasteiger partial charge in [0, 0.05) is 31.6 Å². The van der Waals surface area contributed by atoms with Crippen LogP contribution in [0.5, 0.6) is 0 Å². The fourth-order valence-corrected chi connectivity index (χ4v) is 3.00. The van der Waals surface area contributed by atoms with Gasteiger partial charge in [-0.1, -0.05) is 11.6 Å². The number of nitrogens with zero attached hydrogens (tertiary/aromatic N) is 4.